The molecular formula is C11H11ClN4. The number of hydrogen-bond acceptors (Lipinski definition) is 3. The third-order valence-corrected chi connectivity index (χ3v) is 3.07. The Hall–Kier alpha value is -1.39. The van der Waals surface area contributed by atoms with Crippen LogP contribution >= 0.6 is 11.6 Å². The maximum atomic E-state index is 6.13. The summed E-state index contributed by atoms with van der Waals surface area (Å²) in [5.74, 6) is 0.934. The van der Waals surface area contributed by atoms with Crippen molar-refractivity contribution in [2.24, 2.45) is 0 Å². The first kappa shape index (κ1) is 9.81. The Morgan fingerprint density at radius 1 is 1.31 bits per heavy atom. The van der Waals surface area contributed by atoms with Crippen LogP contribution in [0.15, 0.2) is 24.5 Å². The van der Waals surface area contributed by atoms with Crippen molar-refractivity contribution in [3.8, 4) is 11.4 Å². The molecule has 1 aliphatic heterocycles. The number of halogens is 1. The zero-order chi connectivity index (χ0) is 11.0. The normalized spacial score (nSPS) is 14.8. The smallest absolute Gasteiger partial charge is 0.152 e. The second kappa shape index (κ2) is 3.88. The van der Waals surface area contributed by atoms with Crippen LogP contribution in [0.25, 0.3) is 11.4 Å². The molecule has 2 aromatic rings. The lowest BCUT2D eigenvalue weighted by Gasteiger charge is -2.17. The Morgan fingerprint density at radius 2 is 2.12 bits per heavy atom. The number of aromatic nitrogens is 3. The van der Waals surface area contributed by atoms with Crippen LogP contribution in [0.4, 0.5) is 0 Å². The lowest BCUT2D eigenvalue weighted by atomic mass is 10.2. The predicted molar refractivity (Wildman–Crippen MR) is 62.2 cm³/mol. The average molecular weight is 235 g/mol. The van der Waals surface area contributed by atoms with Crippen LogP contribution in [-0.4, -0.2) is 21.1 Å². The van der Waals surface area contributed by atoms with Gasteiger partial charge in [-0.2, -0.15) is 0 Å². The molecule has 0 saturated heterocycles. The van der Waals surface area contributed by atoms with E-state index in [9.17, 15) is 0 Å². The molecule has 0 spiro atoms. The van der Waals surface area contributed by atoms with E-state index in [1.165, 1.54) is 0 Å². The maximum Gasteiger partial charge on any atom is 0.152 e. The van der Waals surface area contributed by atoms with Crippen LogP contribution in [0.3, 0.4) is 0 Å². The molecule has 0 saturated carbocycles. The third-order valence-electron chi connectivity index (χ3n) is 2.77. The highest BCUT2D eigenvalue weighted by molar-refractivity contribution is 6.30. The Balaban J connectivity index is 2.15. The first-order chi connectivity index (χ1) is 7.86. The first-order valence-corrected chi connectivity index (χ1v) is 5.60. The number of rotatable bonds is 1. The third kappa shape index (κ3) is 1.50. The van der Waals surface area contributed by atoms with Gasteiger partial charge in [0.05, 0.1) is 5.69 Å². The predicted octanol–water partition coefficient (Wildman–Crippen LogP) is 1.70. The summed E-state index contributed by atoms with van der Waals surface area (Å²) in [6.45, 7) is 2.65. The van der Waals surface area contributed by atoms with E-state index < -0.39 is 0 Å². The Bertz CT molecular complexity index is 506. The molecule has 0 aromatic carbocycles. The van der Waals surface area contributed by atoms with E-state index in [1.807, 2.05) is 12.1 Å². The van der Waals surface area contributed by atoms with Crippen molar-refractivity contribution in [1.82, 2.24) is 19.9 Å². The van der Waals surface area contributed by atoms with Crippen LogP contribution in [0.2, 0.25) is 5.15 Å². The van der Waals surface area contributed by atoms with Crippen molar-refractivity contribution >= 4 is 11.6 Å². The van der Waals surface area contributed by atoms with Gasteiger partial charge in [-0.25, -0.2) is 4.98 Å². The molecule has 3 heterocycles. The summed E-state index contributed by atoms with van der Waals surface area (Å²) in [6, 6.07) is 3.90. The number of imidazole rings is 1. The van der Waals surface area contributed by atoms with Crippen molar-refractivity contribution in [3.05, 3.63) is 35.4 Å². The van der Waals surface area contributed by atoms with Crippen molar-refractivity contribution in [2.45, 2.75) is 13.1 Å². The van der Waals surface area contributed by atoms with Crippen molar-refractivity contribution in [3.63, 3.8) is 0 Å². The minimum atomic E-state index is 0.596. The molecule has 82 valence electrons. The maximum absolute atomic E-state index is 6.13. The van der Waals surface area contributed by atoms with Gasteiger partial charge in [0.25, 0.3) is 0 Å². The molecule has 0 fully saturated rings. The zero-order valence-corrected chi connectivity index (χ0v) is 9.41. The number of pyridine rings is 1. The lowest BCUT2D eigenvalue weighted by molar-refractivity contribution is 0.520. The fraction of sp³-hybridized carbons (Fsp3) is 0.273. The summed E-state index contributed by atoms with van der Waals surface area (Å²) < 4.78 is 2.17. The van der Waals surface area contributed by atoms with Gasteiger partial charge in [-0.3, -0.25) is 4.98 Å². The SMILES string of the molecule is Clc1nc(-c2ccncc2)n2c1CNCC2. The molecule has 0 aliphatic carbocycles. The largest absolute Gasteiger partial charge is 0.324 e. The Kier molecular flexibility index (Phi) is 2.38. The molecule has 0 radical (unpaired) electrons. The first-order valence-electron chi connectivity index (χ1n) is 5.22. The van der Waals surface area contributed by atoms with E-state index in [2.05, 4.69) is 19.9 Å². The molecule has 0 amide bonds. The van der Waals surface area contributed by atoms with Gasteiger partial charge >= 0.3 is 0 Å². The molecule has 16 heavy (non-hydrogen) atoms. The van der Waals surface area contributed by atoms with Crippen LogP contribution in [0, 0.1) is 0 Å². The lowest BCUT2D eigenvalue weighted by Crippen LogP contribution is -2.28. The van der Waals surface area contributed by atoms with Crippen molar-refractivity contribution < 1.29 is 0 Å². The molecule has 1 aliphatic rings. The molecule has 3 rings (SSSR count). The van der Waals surface area contributed by atoms with E-state index in [0.717, 1.165) is 36.7 Å². The monoisotopic (exact) mass is 234 g/mol. The van der Waals surface area contributed by atoms with Crippen LogP contribution in [0.5, 0.6) is 0 Å². The van der Waals surface area contributed by atoms with E-state index >= 15 is 0 Å². The van der Waals surface area contributed by atoms with Gasteiger partial charge in [0.1, 0.15) is 5.82 Å². The van der Waals surface area contributed by atoms with E-state index in [4.69, 9.17) is 11.6 Å². The summed E-state index contributed by atoms with van der Waals surface area (Å²) >= 11 is 6.13. The van der Waals surface area contributed by atoms with E-state index in [1.54, 1.807) is 12.4 Å². The molecule has 0 atom stereocenters. The zero-order valence-electron chi connectivity index (χ0n) is 8.65. The fourth-order valence-electron chi connectivity index (χ4n) is 1.99. The van der Waals surface area contributed by atoms with E-state index in [0.29, 0.717) is 5.15 Å². The standard InChI is InChI=1S/C11H11ClN4/c12-10-9-7-14-5-6-16(9)11(15-10)8-1-3-13-4-2-8/h1-4,14H,5-7H2. The Morgan fingerprint density at radius 3 is 2.94 bits per heavy atom. The van der Waals surface area contributed by atoms with Gasteiger partial charge in [-0.1, -0.05) is 11.6 Å². The van der Waals surface area contributed by atoms with Gasteiger partial charge in [0.15, 0.2) is 5.15 Å². The summed E-state index contributed by atoms with van der Waals surface area (Å²) in [7, 11) is 0. The number of nitrogens with zero attached hydrogens (tertiary/aromatic N) is 3. The van der Waals surface area contributed by atoms with Crippen LogP contribution in [-0.2, 0) is 13.1 Å². The van der Waals surface area contributed by atoms with Crippen molar-refractivity contribution in [1.29, 1.82) is 0 Å². The average Bonchev–Trinajstić information content (AvgIpc) is 2.69. The number of fused-ring (bicyclic) bond motifs is 1. The quantitative estimate of drug-likeness (QED) is 0.817. The summed E-state index contributed by atoms with van der Waals surface area (Å²) in [5, 5.41) is 3.89. The van der Waals surface area contributed by atoms with Gasteiger partial charge in [0.2, 0.25) is 0 Å². The summed E-state index contributed by atoms with van der Waals surface area (Å²) in [6.07, 6.45) is 3.54. The molecule has 4 nitrogen and oxygen atoms in total. The van der Waals surface area contributed by atoms with E-state index in [-0.39, 0.29) is 0 Å². The minimum Gasteiger partial charge on any atom is -0.324 e. The second-order valence-electron chi connectivity index (χ2n) is 3.74. The minimum absolute atomic E-state index is 0.596. The topological polar surface area (TPSA) is 42.7 Å². The highest BCUT2D eigenvalue weighted by Crippen LogP contribution is 2.26. The number of hydrogen-bond donors (Lipinski definition) is 1. The highest BCUT2D eigenvalue weighted by Gasteiger charge is 2.19. The summed E-state index contributed by atoms with van der Waals surface area (Å²) in [5.41, 5.74) is 2.13. The molecule has 0 bridgehead atoms. The Labute approximate surface area is 98.3 Å². The van der Waals surface area contributed by atoms with Crippen LogP contribution in [0.1, 0.15) is 5.69 Å². The molecule has 1 N–H and O–H groups in total. The second-order valence-corrected chi connectivity index (χ2v) is 4.10. The molecule has 5 heteroatoms. The van der Waals surface area contributed by atoms with Gasteiger partial charge in [-0.05, 0) is 12.1 Å². The highest BCUT2D eigenvalue weighted by atomic mass is 35.5. The van der Waals surface area contributed by atoms with Gasteiger partial charge < -0.3 is 9.88 Å². The fourth-order valence-corrected chi connectivity index (χ4v) is 2.23. The van der Waals surface area contributed by atoms with Gasteiger partial charge in [0, 0.05) is 37.6 Å². The number of nitrogens with one attached hydrogen (secondary N) is 1. The summed E-state index contributed by atoms with van der Waals surface area (Å²) in [4.78, 5) is 8.43. The van der Waals surface area contributed by atoms with Gasteiger partial charge in [-0.15, -0.1) is 0 Å². The molecular weight excluding hydrogens is 224 g/mol. The van der Waals surface area contributed by atoms with Crippen LogP contribution < -0.4 is 5.32 Å². The van der Waals surface area contributed by atoms with Crippen molar-refractivity contribution in [2.75, 3.05) is 6.54 Å². The molecule has 2 aromatic heterocycles. The molecule has 0 unspecified atom stereocenters.